The zero-order valence-corrected chi connectivity index (χ0v) is 7.84. The molecule has 0 bridgehead atoms. The number of rotatable bonds is 2. The molecule has 0 saturated carbocycles. The van der Waals surface area contributed by atoms with Crippen LogP contribution in [-0.2, 0) is 9.53 Å². The van der Waals surface area contributed by atoms with Crippen LogP contribution in [0, 0.1) is 0 Å². The third kappa shape index (κ3) is 2.07. The molecule has 0 fully saturated rings. The molecule has 1 aliphatic rings. The molecule has 0 saturated heterocycles. The van der Waals surface area contributed by atoms with Crippen LogP contribution in [0.2, 0.25) is 0 Å². The smallest absolute Gasteiger partial charge is 0.399 e. The quantitative estimate of drug-likeness (QED) is 0.573. The van der Waals surface area contributed by atoms with Crippen molar-refractivity contribution in [2.45, 2.75) is 0 Å². The van der Waals surface area contributed by atoms with Gasteiger partial charge in [0.05, 0.1) is 6.54 Å². The number of benzene rings is 1. The number of aliphatic imine (C=N–C) groups is 1. The van der Waals surface area contributed by atoms with E-state index >= 15 is 0 Å². The van der Waals surface area contributed by atoms with E-state index in [1.807, 2.05) is 0 Å². The van der Waals surface area contributed by atoms with Gasteiger partial charge in [0.2, 0.25) is 0 Å². The average Bonchev–Trinajstić information content (AvgIpc) is 2.74. The van der Waals surface area contributed by atoms with Gasteiger partial charge in [-0.3, -0.25) is 0 Å². The van der Waals surface area contributed by atoms with E-state index in [4.69, 9.17) is 9.47 Å². The number of hydrogen-bond acceptors (Lipinski definition) is 5. The summed E-state index contributed by atoms with van der Waals surface area (Å²) in [5, 5.41) is 9.34. The van der Waals surface area contributed by atoms with E-state index in [0.29, 0.717) is 13.2 Å². The maximum absolute atomic E-state index is 11.4. The molecule has 0 radical (unpaired) electrons. The number of carbonyl (C=O) groups excluding carboxylic acids is 1. The number of carbonyl (C=O) groups is 1. The summed E-state index contributed by atoms with van der Waals surface area (Å²) < 4.78 is 9.80. The van der Waals surface area contributed by atoms with Crippen molar-refractivity contribution in [1.29, 1.82) is 0 Å². The maximum atomic E-state index is 11.4. The standard InChI is InChI=1S/C10H9NO4/c12-7-3-1-2-4-8(7)15-10(13)9-11-5-6-14-9/h1-4,12H,5-6H2. The maximum Gasteiger partial charge on any atom is 0.399 e. The monoisotopic (exact) mass is 207 g/mol. The van der Waals surface area contributed by atoms with Crippen LogP contribution >= 0.6 is 0 Å². The van der Waals surface area contributed by atoms with Gasteiger partial charge in [-0.05, 0) is 12.1 Å². The Kier molecular flexibility index (Phi) is 2.53. The zero-order valence-electron chi connectivity index (χ0n) is 7.84. The number of para-hydroxylation sites is 2. The van der Waals surface area contributed by atoms with Gasteiger partial charge in [0.1, 0.15) is 6.61 Å². The summed E-state index contributed by atoms with van der Waals surface area (Å²) >= 11 is 0. The van der Waals surface area contributed by atoms with Crippen molar-refractivity contribution >= 4 is 11.9 Å². The first-order chi connectivity index (χ1) is 7.27. The van der Waals surface area contributed by atoms with Crippen molar-refractivity contribution in [3.8, 4) is 11.5 Å². The third-order valence-electron chi connectivity index (χ3n) is 1.83. The molecule has 0 aromatic heterocycles. The molecular formula is C10H9NO4. The fraction of sp³-hybridized carbons (Fsp3) is 0.200. The Bertz CT molecular complexity index is 414. The Morgan fingerprint density at radius 2 is 2.27 bits per heavy atom. The SMILES string of the molecule is O=C(Oc1ccccc1O)C1=NCCO1. The van der Waals surface area contributed by atoms with Crippen LogP contribution in [0.3, 0.4) is 0 Å². The Labute approximate surface area is 86.0 Å². The van der Waals surface area contributed by atoms with Crippen LogP contribution in [0.5, 0.6) is 11.5 Å². The van der Waals surface area contributed by atoms with Crippen LogP contribution in [0.4, 0.5) is 0 Å². The molecule has 1 aliphatic heterocycles. The number of phenols is 1. The van der Waals surface area contributed by atoms with Crippen LogP contribution in [-0.4, -0.2) is 30.1 Å². The van der Waals surface area contributed by atoms with Crippen molar-refractivity contribution in [2.24, 2.45) is 4.99 Å². The van der Waals surface area contributed by atoms with E-state index in [-0.39, 0.29) is 17.4 Å². The average molecular weight is 207 g/mol. The Morgan fingerprint density at radius 1 is 1.47 bits per heavy atom. The van der Waals surface area contributed by atoms with Gasteiger partial charge in [-0.15, -0.1) is 0 Å². The van der Waals surface area contributed by atoms with Gasteiger partial charge in [0.25, 0.3) is 5.90 Å². The number of aromatic hydroxyl groups is 1. The molecule has 1 aromatic carbocycles. The van der Waals surface area contributed by atoms with Crippen LogP contribution < -0.4 is 4.74 Å². The van der Waals surface area contributed by atoms with E-state index in [2.05, 4.69) is 4.99 Å². The van der Waals surface area contributed by atoms with Crippen molar-refractivity contribution in [2.75, 3.05) is 13.2 Å². The predicted molar refractivity (Wildman–Crippen MR) is 52.0 cm³/mol. The predicted octanol–water partition coefficient (Wildman–Crippen LogP) is 0.726. The second kappa shape index (κ2) is 4.00. The molecule has 15 heavy (non-hydrogen) atoms. The molecule has 0 aliphatic carbocycles. The molecular weight excluding hydrogens is 198 g/mol. The third-order valence-corrected chi connectivity index (χ3v) is 1.83. The largest absolute Gasteiger partial charge is 0.504 e. The van der Waals surface area contributed by atoms with E-state index in [1.54, 1.807) is 12.1 Å². The van der Waals surface area contributed by atoms with Crippen molar-refractivity contribution in [3.63, 3.8) is 0 Å². The van der Waals surface area contributed by atoms with E-state index in [0.717, 1.165) is 0 Å². The first kappa shape index (κ1) is 9.51. The molecule has 1 aromatic rings. The van der Waals surface area contributed by atoms with Crippen LogP contribution in [0.25, 0.3) is 0 Å². The summed E-state index contributed by atoms with van der Waals surface area (Å²) in [6.07, 6.45) is 0. The van der Waals surface area contributed by atoms with Gasteiger partial charge in [-0.2, -0.15) is 0 Å². The minimum Gasteiger partial charge on any atom is -0.504 e. The summed E-state index contributed by atoms with van der Waals surface area (Å²) in [4.78, 5) is 15.2. The number of phenolic OH excluding ortho intramolecular Hbond substituents is 1. The summed E-state index contributed by atoms with van der Waals surface area (Å²) in [6, 6.07) is 6.21. The normalized spacial score (nSPS) is 14.3. The molecule has 5 nitrogen and oxygen atoms in total. The first-order valence-electron chi connectivity index (χ1n) is 4.45. The lowest BCUT2D eigenvalue weighted by Crippen LogP contribution is -2.20. The summed E-state index contributed by atoms with van der Waals surface area (Å²) in [5.41, 5.74) is 0. The summed E-state index contributed by atoms with van der Waals surface area (Å²) in [7, 11) is 0. The van der Waals surface area contributed by atoms with Gasteiger partial charge in [0, 0.05) is 0 Å². The second-order valence-electron chi connectivity index (χ2n) is 2.89. The van der Waals surface area contributed by atoms with Gasteiger partial charge in [-0.1, -0.05) is 12.1 Å². The van der Waals surface area contributed by atoms with E-state index in [9.17, 15) is 9.90 Å². The van der Waals surface area contributed by atoms with Gasteiger partial charge in [-0.25, -0.2) is 9.79 Å². The van der Waals surface area contributed by atoms with Crippen LogP contribution in [0.15, 0.2) is 29.3 Å². The lowest BCUT2D eigenvalue weighted by atomic mass is 10.3. The lowest BCUT2D eigenvalue weighted by Gasteiger charge is -2.04. The summed E-state index contributed by atoms with van der Waals surface area (Å²) in [6.45, 7) is 0.858. The van der Waals surface area contributed by atoms with Crippen LogP contribution in [0.1, 0.15) is 0 Å². The number of ether oxygens (including phenoxy) is 2. The van der Waals surface area contributed by atoms with Gasteiger partial charge < -0.3 is 14.6 Å². The highest BCUT2D eigenvalue weighted by molar-refractivity contribution is 6.33. The van der Waals surface area contributed by atoms with E-state index in [1.165, 1.54) is 12.1 Å². The molecule has 0 amide bonds. The molecule has 0 unspecified atom stereocenters. The first-order valence-corrected chi connectivity index (χ1v) is 4.45. The summed E-state index contributed by atoms with van der Waals surface area (Å²) in [5.74, 6) is -0.725. The fourth-order valence-corrected chi connectivity index (χ4v) is 1.15. The molecule has 0 spiro atoms. The van der Waals surface area contributed by atoms with Crippen molar-refractivity contribution < 1.29 is 19.4 Å². The number of esters is 1. The highest BCUT2D eigenvalue weighted by atomic mass is 16.6. The Hall–Kier alpha value is -2.04. The minimum absolute atomic E-state index is 0.0433. The zero-order chi connectivity index (χ0) is 10.7. The van der Waals surface area contributed by atoms with Gasteiger partial charge >= 0.3 is 5.97 Å². The topological polar surface area (TPSA) is 68.1 Å². The second-order valence-corrected chi connectivity index (χ2v) is 2.89. The molecule has 2 rings (SSSR count). The molecule has 1 heterocycles. The van der Waals surface area contributed by atoms with E-state index < -0.39 is 5.97 Å². The van der Waals surface area contributed by atoms with Gasteiger partial charge in [0.15, 0.2) is 11.5 Å². The molecule has 1 N–H and O–H groups in total. The number of hydrogen-bond donors (Lipinski definition) is 1. The number of nitrogens with zero attached hydrogens (tertiary/aromatic N) is 1. The highest BCUT2D eigenvalue weighted by Crippen LogP contribution is 2.24. The molecule has 5 heteroatoms. The molecule has 78 valence electrons. The minimum atomic E-state index is -0.686. The molecule has 0 atom stereocenters. The fourth-order valence-electron chi connectivity index (χ4n) is 1.15. The highest BCUT2D eigenvalue weighted by Gasteiger charge is 2.20. The van der Waals surface area contributed by atoms with Crippen molar-refractivity contribution in [3.05, 3.63) is 24.3 Å². The van der Waals surface area contributed by atoms with Crippen molar-refractivity contribution in [1.82, 2.24) is 0 Å². The lowest BCUT2D eigenvalue weighted by molar-refractivity contribution is -0.128. The Morgan fingerprint density at radius 3 is 2.93 bits per heavy atom. The Balaban J connectivity index is 2.09.